The largest absolute Gasteiger partial charge is 0.365 e. The molecule has 168 valence electrons. The van der Waals surface area contributed by atoms with Gasteiger partial charge in [0.05, 0.1) is 10.2 Å². The Hall–Kier alpha value is -2.60. The van der Waals surface area contributed by atoms with Gasteiger partial charge in [0, 0.05) is 50.0 Å². The standard InChI is InChI=1S/C26H32N4OS/c1-18-9-11-28(12-10-18)26-27-23-8-7-21(16-24(23)32-26)25(31)29-13-14-30(20(3)17-29)22-6-4-5-19(2)15-22/h4-8,15-16,18,20H,9-14,17H2,1-3H3. The molecule has 3 heterocycles. The van der Waals surface area contributed by atoms with Crippen molar-refractivity contribution in [1.82, 2.24) is 9.88 Å². The number of piperazine rings is 1. The lowest BCUT2D eigenvalue weighted by atomic mass is 10.00. The lowest BCUT2D eigenvalue weighted by Gasteiger charge is -2.41. The van der Waals surface area contributed by atoms with Gasteiger partial charge in [0.1, 0.15) is 0 Å². The van der Waals surface area contributed by atoms with Gasteiger partial charge in [0.2, 0.25) is 0 Å². The molecule has 2 aliphatic heterocycles. The summed E-state index contributed by atoms with van der Waals surface area (Å²) in [6.45, 7) is 11.2. The number of aryl methyl sites for hydroxylation is 1. The van der Waals surface area contributed by atoms with E-state index < -0.39 is 0 Å². The Morgan fingerprint density at radius 3 is 2.59 bits per heavy atom. The van der Waals surface area contributed by atoms with E-state index in [1.807, 2.05) is 23.1 Å². The Balaban J connectivity index is 1.29. The van der Waals surface area contributed by atoms with E-state index in [9.17, 15) is 4.79 Å². The van der Waals surface area contributed by atoms with E-state index in [4.69, 9.17) is 4.98 Å². The summed E-state index contributed by atoms with van der Waals surface area (Å²) in [5, 5.41) is 1.09. The average molecular weight is 449 g/mol. The number of piperidine rings is 1. The van der Waals surface area contributed by atoms with Gasteiger partial charge in [-0.1, -0.05) is 30.4 Å². The molecule has 1 amide bonds. The minimum Gasteiger partial charge on any atom is -0.365 e. The fraction of sp³-hybridized carbons (Fsp3) is 0.462. The molecule has 1 aromatic heterocycles. The van der Waals surface area contributed by atoms with Crippen LogP contribution in [0.15, 0.2) is 42.5 Å². The highest BCUT2D eigenvalue weighted by atomic mass is 32.1. The highest BCUT2D eigenvalue weighted by Gasteiger charge is 2.28. The zero-order valence-corrected chi connectivity index (χ0v) is 20.1. The molecule has 6 heteroatoms. The second kappa shape index (κ2) is 8.74. The molecular weight excluding hydrogens is 416 g/mol. The van der Waals surface area contributed by atoms with Crippen molar-refractivity contribution >= 4 is 38.3 Å². The summed E-state index contributed by atoms with van der Waals surface area (Å²) in [4.78, 5) is 25.0. The number of carbonyl (C=O) groups is 1. The summed E-state index contributed by atoms with van der Waals surface area (Å²) in [5.41, 5.74) is 4.29. The van der Waals surface area contributed by atoms with Crippen LogP contribution in [0.1, 0.15) is 42.6 Å². The Morgan fingerprint density at radius 2 is 1.84 bits per heavy atom. The monoisotopic (exact) mass is 448 g/mol. The number of anilines is 2. The second-order valence-electron chi connectivity index (χ2n) is 9.48. The molecule has 0 radical (unpaired) electrons. The first-order chi connectivity index (χ1) is 15.5. The van der Waals surface area contributed by atoms with Gasteiger partial charge in [-0.25, -0.2) is 4.98 Å². The van der Waals surface area contributed by atoms with Crippen molar-refractivity contribution in [3.05, 3.63) is 53.6 Å². The SMILES string of the molecule is Cc1cccc(N2CCN(C(=O)c3ccc4nc(N5CCC(C)CC5)sc4c3)CC2C)c1. The highest BCUT2D eigenvalue weighted by molar-refractivity contribution is 7.22. The predicted octanol–water partition coefficient (Wildman–Crippen LogP) is 5.19. The summed E-state index contributed by atoms with van der Waals surface area (Å²) < 4.78 is 1.11. The van der Waals surface area contributed by atoms with Gasteiger partial charge in [-0.2, -0.15) is 0 Å². The molecule has 2 aliphatic rings. The lowest BCUT2D eigenvalue weighted by Crippen LogP contribution is -2.53. The Bertz CT molecular complexity index is 1120. The summed E-state index contributed by atoms with van der Waals surface area (Å²) in [7, 11) is 0. The maximum absolute atomic E-state index is 13.3. The van der Waals surface area contributed by atoms with E-state index in [0.717, 1.165) is 59.6 Å². The smallest absolute Gasteiger partial charge is 0.254 e. The molecule has 1 atom stereocenters. The van der Waals surface area contributed by atoms with Crippen LogP contribution in [0, 0.1) is 12.8 Å². The third-order valence-corrected chi connectivity index (χ3v) is 8.01. The molecule has 0 spiro atoms. The van der Waals surface area contributed by atoms with E-state index in [1.165, 1.54) is 24.1 Å². The normalized spacial score (nSPS) is 20.2. The minimum absolute atomic E-state index is 0.129. The van der Waals surface area contributed by atoms with Crippen molar-refractivity contribution in [2.45, 2.75) is 39.7 Å². The molecule has 32 heavy (non-hydrogen) atoms. The maximum atomic E-state index is 13.3. The van der Waals surface area contributed by atoms with Gasteiger partial charge >= 0.3 is 0 Å². The molecule has 0 saturated carbocycles. The molecule has 2 fully saturated rings. The third-order valence-electron chi connectivity index (χ3n) is 6.93. The van der Waals surface area contributed by atoms with Gasteiger partial charge in [-0.3, -0.25) is 4.79 Å². The van der Waals surface area contributed by atoms with E-state index in [0.29, 0.717) is 0 Å². The van der Waals surface area contributed by atoms with Gasteiger partial charge in [0.15, 0.2) is 5.13 Å². The van der Waals surface area contributed by atoms with E-state index in [1.54, 1.807) is 11.3 Å². The number of benzene rings is 2. The fourth-order valence-electron chi connectivity index (χ4n) is 4.90. The fourth-order valence-corrected chi connectivity index (χ4v) is 5.95. The molecule has 3 aromatic rings. The molecule has 2 aromatic carbocycles. The number of amides is 1. The molecule has 0 N–H and O–H groups in total. The van der Waals surface area contributed by atoms with Gasteiger partial charge in [-0.05, 0) is 68.5 Å². The number of fused-ring (bicyclic) bond motifs is 1. The molecule has 1 unspecified atom stereocenters. The van der Waals surface area contributed by atoms with E-state index in [-0.39, 0.29) is 11.9 Å². The first-order valence-electron chi connectivity index (χ1n) is 11.8. The van der Waals surface area contributed by atoms with Crippen LogP contribution in [0.5, 0.6) is 0 Å². The molecule has 0 bridgehead atoms. The van der Waals surface area contributed by atoms with Gasteiger partial charge in [0.25, 0.3) is 5.91 Å². The zero-order chi connectivity index (χ0) is 22.2. The minimum atomic E-state index is 0.129. The number of carbonyl (C=O) groups excluding carboxylic acids is 1. The molecule has 5 rings (SSSR count). The molecule has 5 nitrogen and oxygen atoms in total. The lowest BCUT2D eigenvalue weighted by molar-refractivity contribution is 0.0726. The van der Waals surface area contributed by atoms with Crippen molar-refractivity contribution in [1.29, 1.82) is 0 Å². The summed E-state index contributed by atoms with van der Waals surface area (Å²) in [5.74, 6) is 0.933. The quantitative estimate of drug-likeness (QED) is 0.553. The van der Waals surface area contributed by atoms with Gasteiger partial charge < -0.3 is 14.7 Å². The first kappa shape index (κ1) is 21.3. The number of rotatable bonds is 3. The molecule has 0 aliphatic carbocycles. The van der Waals surface area contributed by atoms with Crippen LogP contribution >= 0.6 is 11.3 Å². The average Bonchev–Trinajstić information content (AvgIpc) is 3.22. The van der Waals surface area contributed by atoms with Crippen molar-refractivity contribution in [3.8, 4) is 0 Å². The number of nitrogens with zero attached hydrogens (tertiary/aromatic N) is 4. The zero-order valence-electron chi connectivity index (χ0n) is 19.3. The van der Waals surface area contributed by atoms with Crippen molar-refractivity contribution < 1.29 is 4.79 Å². The summed E-state index contributed by atoms with van der Waals surface area (Å²) >= 11 is 1.72. The van der Waals surface area contributed by atoms with Crippen LogP contribution in [0.2, 0.25) is 0 Å². The van der Waals surface area contributed by atoms with Crippen LogP contribution in [-0.2, 0) is 0 Å². The number of hydrogen-bond donors (Lipinski definition) is 0. The summed E-state index contributed by atoms with van der Waals surface area (Å²) in [6, 6.07) is 14.9. The third kappa shape index (κ3) is 4.20. The Kier molecular flexibility index (Phi) is 5.80. The van der Waals surface area contributed by atoms with Crippen LogP contribution in [0.25, 0.3) is 10.2 Å². The summed E-state index contributed by atoms with van der Waals surface area (Å²) in [6.07, 6.45) is 2.46. The highest BCUT2D eigenvalue weighted by Crippen LogP contribution is 2.32. The van der Waals surface area contributed by atoms with E-state index >= 15 is 0 Å². The second-order valence-corrected chi connectivity index (χ2v) is 10.5. The number of thiazole rings is 1. The Labute approximate surface area is 194 Å². The van der Waals surface area contributed by atoms with Gasteiger partial charge in [-0.15, -0.1) is 0 Å². The number of aromatic nitrogens is 1. The van der Waals surface area contributed by atoms with Crippen LogP contribution in [0.3, 0.4) is 0 Å². The van der Waals surface area contributed by atoms with Crippen LogP contribution < -0.4 is 9.80 Å². The Morgan fingerprint density at radius 1 is 1.03 bits per heavy atom. The topological polar surface area (TPSA) is 39.7 Å². The van der Waals surface area contributed by atoms with Crippen molar-refractivity contribution in [2.75, 3.05) is 42.5 Å². The molecular formula is C26H32N4OS. The van der Waals surface area contributed by atoms with Crippen LogP contribution in [0.4, 0.5) is 10.8 Å². The molecule has 2 saturated heterocycles. The first-order valence-corrected chi connectivity index (χ1v) is 12.6. The number of hydrogen-bond acceptors (Lipinski definition) is 5. The van der Waals surface area contributed by atoms with E-state index in [2.05, 4.69) is 54.8 Å². The van der Waals surface area contributed by atoms with Crippen molar-refractivity contribution in [3.63, 3.8) is 0 Å². The van der Waals surface area contributed by atoms with Crippen LogP contribution in [-0.4, -0.2) is 54.6 Å². The maximum Gasteiger partial charge on any atom is 0.254 e. The van der Waals surface area contributed by atoms with Crippen molar-refractivity contribution in [2.24, 2.45) is 5.92 Å². The predicted molar refractivity (Wildman–Crippen MR) is 134 cm³/mol.